The van der Waals surface area contributed by atoms with Gasteiger partial charge in [0.25, 0.3) is 0 Å². The predicted octanol–water partition coefficient (Wildman–Crippen LogP) is 1.05. The van der Waals surface area contributed by atoms with E-state index in [9.17, 15) is 4.57 Å². The number of benzene rings is 1. The SMILES string of the molecule is O=P(O)(O)C(=NCCSc1ccccc1)[P+](O)(O)O. The molecule has 0 unspecified atom stereocenters. The molecule has 1 aromatic carbocycles. The van der Waals surface area contributed by atoms with Gasteiger partial charge >= 0.3 is 20.7 Å². The van der Waals surface area contributed by atoms with Crippen LogP contribution in [0.15, 0.2) is 40.2 Å². The molecule has 0 radical (unpaired) electrons. The minimum atomic E-state index is -4.97. The third-order valence-corrected chi connectivity index (χ3v) is 5.80. The Morgan fingerprint density at radius 2 is 1.79 bits per heavy atom. The third-order valence-electron chi connectivity index (χ3n) is 1.89. The van der Waals surface area contributed by atoms with Gasteiger partial charge in [0.15, 0.2) is 0 Å². The molecule has 0 aromatic heterocycles. The van der Waals surface area contributed by atoms with Crippen molar-refractivity contribution in [3.8, 4) is 0 Å². The van der Waals surface area contributed by atoms with Crippen LogP contribution in [-0.2, 0) is 4.57 Å². The summed E-state index contributed by atoms with van der Waals surface area (Å²) in [6.07, 6.45) is 0. The quantitative estimate of drug-likeness (QED) is 0.228. The topological polar surface area (TPSA) is 131 Å². The lowest BCUT2D eigenvalue weighted by Crippen LogP contribution is -2.07. The number of hydrogen-bond acceptors (Lipinski definition) is 6. The Balaban J connectivity index is 2.61. The molecule has 1 aromatic rings. The Hall–Kier alpha value is -0.300. The first kappa shape index (κ1) is 16.8. The van der Waals surface area contributed by atoms with E-state index in [2.05, 4.69) is 4.99 Å². The molecule has 0 spiro atoms. The maximum absolute atomic E-state index is 10.9. The number of rotatable bonds is 6. The lowest BCUT2D eigenvalue weighted by atomic mass is 10.4. The molecule has 0 saturated heterocycles. The summed E-state index contributed by atoms with van der Waals surface area (Å²) < 4.78 is 10.9. The van der Waals surface area contributed by atoms with Gasteiger partial charge in [0.1, 0.15) is 0 Å². The van der Waals surface area contributed by atoms with Crippen molar-refractivity contribution in [3.05, 3.63) is 30.3 Å². The summed E-state index contributed by atoms with van der Waals surface area (Å²) >= 11 is 1.39. The van der Waals surface area contributed by atoms with Gasteiger partial charge in [-0.2, -0.15) is 14.7 Å². The number of thioether (sulfide) groups is 1. The first-order valence-electron chi connectivity index (χ1n) is 5.07. The molecule has 0 heterocycles. The van der Waals surface area contributed by atoms with E-state index >= 15 is 0 Å². The molecule has 106 valence electrons. The zero-order valence-electron chi connectivity index (χ0n) is 9.70. The summed E-state index contributed by atoms with van der Waals surface area (Å²) in [5, 5.41) is -1.24. The van der Waals surface area contributed by atoms with Gasteiger partial charge in [0, 0.05) is 10.6 Å². The van der Waals surface area contributed by atoms with Crippen LogP contribution in [0.4, 0.5) is 0 Å². The number of nitrogens with zero attached hydrogens (tertiary/aromatic N) is 1. The maximum Gasteiger partial charge on any atom is 0.469 e. The molecule has 0 amide bonds. The van der Waals surface area contributed by atoms with Crippen LogP contribution in [-0.4, -0.2) is 42.0 Å². The Kier molecular flexibility index (Phi) is 6.11. The molecule has 0 fully saturated rings. The zero-order chi connectivity index (χ0) is 14.5. The van der Waals surface area contributed by atoms with Gasteiger partial charge in [0.05, 0.1) is 6.54 Å². The van der Waals surface area contributed by atoms with Crippen molar-refractivity contribution >= 4 is 32.5 Å². The van der Waals surface area contributed by atoms with Crippen LogP contribution in [0, 0.1) is 0 Å². The van der Waals surface area contributed by atoms with Crippen LogP contribution in [0.25, 0.3) is 0 Å². The van der Waals surface area contributed by atoms with Crippen molar-refractivity contribution < 1.29 is 29.0 Å². The van der Waals surface area contributed by atoms with Crippen LogP contribution in [0.5, 0.6) is 0 Å². The van der Waals surface area contributed by atoms with Crippen LogP contribution in [0.2, 0.25) is 0 Å². The van der Waals surface area contributed by atoms with Crippen LogP contribution in [0.3, 0.4) is 0 Å². The van der Waals surface area contributed by atoms with Gasteiger partial charge in [-0.15, -0.1) is 11.8 Å². The molecule has 0 saturated carbocycles. The van der Waals surface area contributed by atoms with E-state index in [1.54, 1.807) is 0 Å². The van der Waals surface area contributed by atoms with E-state index in [4.69, 9.17) is 24.5 Å². The Labute approximate surface area is 114 Å². The molecule has 0 aliphatic heterocycles. The molecule has 19 heavy (non-hydrogen) atoms. The van der Waals surface area contributed by atoms with E-state index in [1.165, 1.54) is 11.8 Å². The average molecular weight is 326 g/mol. The molecule has 0 atom stereocenters. The molecule has 10 heteroatoms. The summed E-state index contributed by atoms with van der Waals surface area (Å²) in [7, 11) is -9.75. The summed E-state index contributed by atoms with van der Waals surface area (Å²) in [6, 6.07) is 9.27. The van der Waals surface area contributed by atoms with Crippen molar-refractivity contribution in [2.24, 2.45) is 4.99 Å². The highest BCUT2D eigenvalue weighted by molar-refractivity contribution is 8.00. The van der Waals surface area contributed by atoms with E-state index in [1.807, 2.05) is 30.3 Å². The largest absolute Gasteiger partial charge is 0.469 e. The Bertz CT molecular complexity index is 483. The lowest BCUT2D eigenvalue weighted by molar-refractivity contribution is 0.348. The van der Waals surface area contributed by atoms with Crippen LogP contribution >= 0.6 is 27.3 Å². The van der Waals surface area contributed by atoms with Gasteiger partial charge in [0.2, 0.25) is 0 Å². The van der Waals surface area contributed by atoms with E-state index < -0.39 is 20.7 Å². The van der Waals surface area contributed by atoms with Crippen molar-refractivity contribution in [1.82, 2.24) is 0 Å². The highest BCUT2D eigenvalue weighted by Gasteiger charge is 2.51. The smallest absolute Gasteiger partial charge is 0.317 e. The Morgan fingerprint density at radius 1 is 1.21 bits per heavy atom. The molecule has 5 N–H and O–H groups in total. The summed E-state index contributed by atoms with van der Waals surface area (Å²) in [6.45, 7) is -0.0521. The lowest BCUT2D eigenvalue weighted by Gasteiger charge is -2.07. The number of hydrogen-bond donors (Lipinski definition) is 5. The van der Waals surface area contributed by atoms with Crippen LogP contribution in [0.1, 0.15) is 0 Å². The van der Waals surface area contributed by atoms with Gasteiger partial charge in [-0.05, 0) is 12.1 Å². The fourth-order valence-corrected chi connectivity index (χ4v) is 3.93. The first-order chi connectivity index (χ1) is 8.71. The second-order valence-electron chi connectivity index (χ2n) is 3.46. The standard InChI is InChI=1S/C9H13NO6P2S/c11-17(12,13)9(18(14,15)16)10-6-7-19-8-4-2-1-3-5-8/h1-5,11-13H,6-7H2,(H-,14,15,16)/p+1. The number of aliphatic imine (C=N–C) groups is 1. The fraction of sp³-hybridized carbons (Fsp3) is 0.222. The van der Waals surface area contributed by atoms with Gasteiger partial charge in [-0.25, -0.2) is 9.56 Å². The molecule has 0 aliphatic carbocycles. The molecule has 0 bridgehead atoms. The second-order valence-corrected chi connectivity index (χ2v) is 8.05. The third kappa shape index (κ3) is 6.12. The van der Waals surface area contributed by atoms with E-state index in [0.717, 1.165) is 4.90 Å². The van der Waals surface area contributed by atoms with E-state index in [-0.39, 0.29) is 6.54 Å². The Morgan fingerprint density at radius 3 is 2.26 bits per heavy atom. The van der Waals surface area contributed by atoms with Crippen molar-refractivity contribution in [2.45, 2.75) is 4.90 Å². The average Bonchev–Trinajstić information content (AvgIpc) is 2.26. The second kappa shape index (κ2) is 6.92. The highest BCUT2D eigenvalue weighted by Crippen LogP contribution is 2.60. The summed E-state index contributed by atoms with van der Waals surface area (Å²) in [5.74, 6) is 0.382. The molecular formula is C9H14NO6P2S+. The normalized spacial score (nSPS) is 13.6. The van der Waals surface area contributed by atoms with Crippen molar-refractivity contribution in [2.75, 3.05) is 12.3 Å². The van der Waals surface area contributed by atoms with Gasteiger partial charge in [-0.1, -0.05) is 18.2 Å². The van der Waals surface area contributed by atoms with Crippen LogP contribution < -0.4 is 0 Å². The fourth-order valence-electron chi connectivity index (χ4n) is 1.19. The minimum Gasteiger partial charge on any atom is -0.317 e. The van der Waals surface area contributed by atoms with Crippen molar-refractivity contribution in [1.29, 1.82) is 0 Å². The van der Waals surface area contributed by atoms with Crippen molar-refractivity contribution in [3.63, 3.8) is 0 Å². The predicted molar refractivity (Wildman–Crippen MR) is 75.1 cm³/mol. The highest BCUT2D eigenvalue weighted by atomic mass is 32.2. The van der Waals surface area contributed by atoms with E-state index in [0.29, 0.717) is 5.75 Å². The zero-order valence-corrected chi connectivity index (χ0v) is 12.3. The maximum atomic E-state index is 10.9. The molecule has 0 aliphatic rings. The molecule has 1 rings (SSSR count). The first-order valence-corrected chi connectivity index (χ1v) is 9.32. The minimum absolute atomic E-state index is 0.0521. The molecule has 7 nitrogen and oxygen atoms in total. The van der Waals surface area contributed by atoms with Gasteiger partial charge in [-0.3, -0.25) is 0 Å². The summed E-state index contributed by atoms with van der Waals surface area (Å²) in [5.41, 5.74) is 0. The van der Waals surface area contributed by atoms with Gasteiger partial charge < -0.3 is 9.79 Å². The summed E-state index contributed by atoms with van der Waals surface area (Å²) in [4.78, 5) is 48.8. The monoisotopic (exact) mass is 326 g/mol. The molecular weight excluding hydrogens is 312 g/mol.